The quantitative estimate of drug-likeness (QED) is 0.471. The van der Waals surface area contributed by atoms with Crippen molar-refractivity contribution in [1.29, 1.82) is 0 Å². The summed E-state index contributed by atoms with van der Waals surface area (Å²) in [6, 6.07) is 4.23. The van der Waals surface area contributed by atoms with Gasteiger partial charge in [-0.05, 0) is 18.6 Å². The number of hydrogen-bond donors (Lipinski definition) is 0. The van der Waals surface area contributed by atoms with Crippen molar-refractivity contribution in [1.82, 2.24) is 4.57 Å². The third-order valence-corrected chi connectivity index (χ3v) is 1.59. The van der Waals surface area contributed by atoms with Gasteiger partial charge in [0, 0.05) is 24.9 Å². The van der Waals surface area contributed by atoms with Crippen molar-refractivity contribution in [2.45, 2.75) is 13.0 Å². The predicted molar refractivity (Wildman–Crippen MR) is 32.5 cm³/mol. The first-order valence-corrected chi connectivity index (χ1v) is 2.95. The molecule has 1 aliphatic heterocycles. The van der Waals surface area contributed by atoms with Crippen molar-refractivity contribution in [3.8, 4) is 0 Å². The summed E-state index contributed by atoms with van der Waals surface area (Å²) in [4.78, 5) is 0. The van der Waals surface area contributed by atoms with E-state index in [1.165, 1.54) is 18.7 Å². The van der Waals surface area contributed by atoms with Crippen LogP contribution in [0.4, 0.5) is 0 Å². The van der Waals surface area contributed by atoms with Gasteiger partial charge in [-0.25, -0.2) is 0 Å². The van der Waals surface area contributed by atoms with E-state index in [4.69, 9.17) is 0 Å². The van der Waals surface area contributed by atoms with Gasteiger partial charge in [0.05, 0.1) is 0 Å². The second-order valence-electron chi connectivity index (χ2n) is 2.12. The molecule has 1 aromatic heterocycles. The molecule has 0 N–H and O–H groups in total. The van der Waals surface area contributed by atoms with Crippen LogP contribution >= 0.6 is 0 Å². The fourth-order valence-corrected chi connectivity index (χ4v) is 1.17. The Labute approximate surface area is 48.9 Å². The van der Waals surface area contributed by atoms with Crippen molar-refractivity contribution < 1.29 is 0 Å². The van der Waals surface area contributed by atoms with Crippen LogP contribution in [0, 0.1) is 6.42 Å². The topological polar surface area (TPSA) is 4.93 Å². The smallest absolute Gasteiger partial charge is 0.0229 e. The second kappa shape index (κ2) is 1.38. The molecule has 0 unspecified atom stereocenters. The Bertz CT molecular complexity index is 170. The highest BCUT2D eigenvalue weighted by atomic mass is 15.0. The van der Waals surface area contributed by atoms with E-state index < -0.39 is 0 Å². The number of fused-ring (bicyclic) bond motifs is 1. The van der Waals surface area contributed by atoms with Crippen LogP contribution in [-0.4, -0.2) is 4.57 Å². The van der Waals surface area contributed by atoms with Gasteiger partial charge in [0.15, 0.2) is 0 Å². The molecule has 0 aliphatic carbocycles. The van der Waals surface area contributed by atoms with Gasteiger partial charge in [-0.15, -0.1) is 0 Å². The Balaban J connectivity index is 2.54. The average Bonchev–Trinajstić information content (AvgIpc) is 2.15. The predicted octanol–water partition coefficient (Wildman–Crippen LogP) is 1.44. The molecule has 0 fully saturated rings. The molecule has 1 heteroatoms. The molecule has 0 atom stereocenters. The van der Waals surface area contributed by atoms with Gasteiger partial charge in [-0.1, -0.05) is 0 Å². The van der Waals surface area contributed by atoms with Crippen molar-refractivity contribution in [2.24, 2.45) is 0 Å². The monoisotopic (exact) mass is 106 g/mol. The fourth-order valence-electron chi connectivity index (χ4n) is 1.17. The van der Waals surface area contributed by atoms with E-state index in [1.807, 2.05) is 0 Å². The minimum Gasteiger partial charge on any atom is -0.351 e. The van der Waals surface area contributed by atoms with Crippen LogP contribution in [0.1, 0.15) is 12.1 Å². The first kappa shape index (κ1) is 4.19. The molecular weight excluding hydrogens is 98.1 g/mol. The zero-order chi connectivity index (χ0) is 5.40. The zero-order valence-corrected chi connectivity index (χ0v) is 4.67. The van der Waals surface area contributed by atoms with E-state index in [1.54, 1.807) is 0 Å². The van der Waals surface area contributed by atoms with Gasteiger partial charge < -0.3 is 4.57 Å². The Morgan fingerprint density at radius 3 is 3.38 bits per heavy atom. The van der Waals surface area contributed by atoms with Crippen molar-refractivity contribution in [2.75, 3.05) is 0 Å². The van der Waals surface area contributed by atoms with E-state index in [-0.39, 0.29) is 0 Å². The molecule has 1 aliphatic rings. The molecule has 0 spiro atoms. The van der Waals surface area contributed by atoms with E-state index in [2.05, 4.69) is 29.3 Å². The number of nitrogens with zero attached hydrogens (tertiary/aromatic N) is 1. The van der Waals surface area contributed by atoms with E-state index in [9.17, 15) is 0 Å². The third kappa shape index (κ3) is 0.414. The molecule has 2 heterocycles. The molecule has 0 saturated heterocycles. The summed E-state index contributed by atoms with van der Waals surface area (Å²) in [6.07, 6.45) is 5.61. The lowest BCUT2D eigenvalue weighted by Crippen LogP contribution is -1.86. The molecule has 0 amide bonds. The standard InChI is InChI=1S/C7H8N/c1-3-7-4-2-6-8(7)5-1/h1,3-5H,2,6H2. The Hall–Kier alpha value is -0.720. The molecule has 2 rings (SSSR count). The van der Waals surface area contributed by atoms with Gasteiger partial charge in [0.1, 0.15) is 0 Å². The normalized spacial score (nSPS) is 16.5. The Morgan fingerprint density at radius 1 is 1.50 bits per heavy atom. The zero-order valence-electron chi connectivity index (χ0n) is 4.67. The maximum Gasteiger partial charge on any atom is 0.0229 e. The second-order valence-corrected chi connectivity index (χ2v) is 2.12. The van der Waals surface area contributed by atoms with Crippen molar-refractivity contribution >= 4 is 0 Å². The van der Waals surface area contributed by atoms with Gasteiger partial charge in [0.25, 0.3) is 0 Å². The molecule has 0 aromatic carbocycles. The van der Waals surface area contributed by atoms with Crippen molar-refractivity contribution in [3.63, 3.8) is 0 Å². The molecule has 0 saturated carbocycles. The molecule has 8 heavy (non-hydrogen) atoms. The van der Waals surface area contributed by atoms with Crippen molar-refractivity contribution in [3.05, 3.63) is 30.4 Å². The maximum atomic E-state index is 2.26. The Morgan fingerprint density at radius 2 is 2.50 bits per heavy atom. The molecule has 1 aromatic rings. The van der Waals surface area contributed by atoms with Crippen LogP contribution in [0.3, 0.4) is 0 Å². The number of aryl methyl sites for hydroxylation is 1. The number of aromatic nitrogens is 1. The first-order chi connectivity index (χ1) is 3.97. The van der Waals surface area contributed by atoms with Crippen LogP contribution in [-0.2, 0) is 6.54 Å². The number of rotatable bonds is 0. The van der Waals surface area contributed by atoms with Crippen LogP contribution in [0.2, 0.25) is 0 Å². The first-order valence-electron chi connectivity index (χ1n) is 2.95. The third-order valence-electron chi connectivity index (χ3n) is 1.59. The Kier molecular flexibility index (Phi) is 0.720. The molecule has 41 valence electrons. The van der Waals surface area contributed by atoms with Crippen LogP contribution in [0.5, 0.6) is 0 Å². The van der Waals surface area contributed by atoms with Gasteiger partial charge in [-0.2, -0.15) is 0 Å². The van der Waals surface area contributed by atoms with Crippen LogP contribution < -0.4 is 0 Å². The summed E-state index contributed by atoms with van der Waals surface area (Å²) in [5.74, 6) is 0. The van der Waals surface area contributed by atoms with Gasteiger partial charge >= 0.3 is 0 Å². The summed E-state index contributed by atoms with van der Waals surface area (Å²) >= 11 is 0. The van der Waals surface area contributed by atoms with Gasteiger partial charge in [0.2, 0.25) is 0 Å². The average molecular weight is 106 g/mol. The summed E-state index contributed by atoms with van der Waals surface area (Å²) in [7, 11) is 0. The largest absolute Gasteiger partial charge is 0.351 e. The summed E-state index contributed by atoms with van der Waals surface area (Å²) in [5, 5.41) is 0. The lowest BCUT2D eigenvalue weighted by atomic mass is 10.3. The van der Waals surface area contributed by atoms with E-state index in [0.29, 0.717) is 0 Å². The highest BCUT2D eigenvalue weighted by Crippen LogP contribution is 2.15. The molecular formula is C7H8N. The number of hydrogen-bond acceptors (Lipinski definition) is 0. The van der Waals surface area contributed by atoms with E-state index in [0.717, 1.165) is 0 Å². The summed E-state index contributed by atoms with van der Waals surface area (Å²) < 4.78 is 2.26. The maximum absolute atomic E-state index is 2.26. The minimum absolute atomic E-state index is 1.18. The highest BCUT2D eigenvalue weighted by molar-refractivity contribution is 5.19. The lowest BCUT2D eigenvalue weighted by molar-refractivity contribution is 0.765. The SMILES string of the molecule is [CH]1CCn2cccc21. The van der Waals surface area contributed by atoms with E-state index >= 15 is 0 Å². The highest BCUT2D eigenvalue weighted by Gasteiger charge is 2.06. The van der Waals surface area contributed by atoms with Crippen LogP contribution in [0.25, 0.3) is 0 Å². The lowest BCUT2D eigenvalue weighted by Gasteiger charge is -1.90. The molecule has 1 radical (unpaired) electrons. The minimum atomic E-state index is 1.18. The molecule has 1 nitrogen and oxygen atoms in total. The molecule has 0 bridgehead atoms. The van der Waals surface area contributed by atoms with Gasteiger partial charge in [-0.3, -0.25) is 0 Å². The summed E-state index contributed by atoms with van der Waals surface area (Å²) in [6.45, 7) is 1.18. The van der Waals surface area contributed by atoms with Crippen LogP contribution in [0.15, 0.2) is 18.3 Å². The summed E-state index contributed by atoms with van der Waals surface area (Å²) in [5.41, 5.74) is 1.38. The fraction of sp³-hybridized carbons (Fsp3) is 0.286.